The highest BCUT2D eigenvalue weighted by Gasteiger charge is 2.56. The molecule has 88 valence electrons. The normalized spacial score (nSPS) is 14.9. The Hall–Kier alpha value is -0.223. The van der Waals surface area contributed by atoms with E-state index in [1.807, 2.05) is 0 Å². The SMILES string of the molecule is [C-]#C[Si](C(C)(C)C)(C(C)(C)C)C(C)(C)C. The first-order valence-corrected chi connectivity index (χ1v) is 7.75. The summed E-state index contributed by atoms with van der Waals surface area (Å²) in [5.74, 6) is 0. The summed E-state index contributed by atoms with van der Waals surface area (Å²) < 4.78 is 0. The van der Waals surface area contributed by atoms with Gasteiger partial charge in [-0.2, -0.15) is 0 Å². The molecule has 0 bridgehead atoms. The molecule has 0 aromatic heterocycles. The highest BCUT2D eigenvalue weighted by molar-refractivity contribution is 6.94. The molecule has 1 heteroatoms. The van der Waals surface area contributed by atoms with E-state index < -0.39 is 8.07 Å². The summed E-state index contributed by atoms with van der Waals surface area (Å²) in [6.07, 6.45) is 7.89. The van der Waals surface area contributed by atoms with Gasteiger partial charge in [0.1, 0.15) is 8.07 Å². The molecule has 0 N–H and O–H groups in total. The van der Waals surface area contributed by atoms with Gasteiger partial charge in [0, 0.05) is 0 Å². The Morgan fingerprint density at radius 2 is 0.867 bits per heavy atom. The van der Waals surface area contributed by atoms with Crippen LogP contribution < -0.4 is 0 Å². The maximum absolute atomic E-state index is 7.89. The number of rotatable bonds is 0. The van der Waals surface area contributed by atoms with E-state index in [1.165, 1.54) is 0 Å². The van der Waals surface area contributed by atoms with Crippen LogP contribution in [-0.2, 0) is 0 Å². The molecule has 0 aromatic carbocycles. The third-order valence-corrected chi connectivity index (χ3v) is 10.7. The van der Waals surface area contributed by atoms with Crippen molar-refractivity contribution in [2.75, 3.05) is 0 Å². The van der Waals surface area contributed by atoms with Gasteiger partial charge in [-0.05, 0) is 15.1 Å². The van der Waals surface area contributed by atoms with Crippen LogP contribution >= 0.6 is 0 Å². The fourth-order valence-electron chi connectivity index (χ4n) is 3.94. The quantitative estimate of drug-likeness (QED) is 0.309. The molecular weight excluding hydrogens is 196 g/mol. The summed E-state index contributed by atoms with van der Waals surface area (Å²) in [5, 5.41) is 0.516. The zero-order chi connectivity index (χ0) is 12.7. The van der Waals surface area contributed by atoms with Crippen molar-refractivity contribution >= 4 is 8.07 Å². The van der Waals surface area contributed by atoms with E-state index in [0.29, 0.717) is 0 Å². The minimum Gasteiger partial charge on any atom is -0.701 e. The molecular formula is C14H27Si-. The minimum atomic E-state index is -1.96. The molecule has 0 amide bonds. The maximum Gasteiger partial charge on any atom is 0.106 e. The van der Waals surface area contributed by atoms with Crippen LogP contribution in [0.3, 0.4) is 0 Å². The second-order valence-electron chi connectivity index (χ2n) is 7.62. The Labute approximate surface area is 97.9 Å². The molecule has 0 nitrogen and oxygen atoms in total. The molecule has 0 aliphatic carbocycles. The molecule has 0 saturated heterocycles. The van der Waals surface area contributed by atoms with Gasteiger partial charge in [0.05, 0.1) is 0 Å². The lowest BCUT2D eigenvalue weighted by Crippen LogP contribution is -2.57. The Balaban J connectivity index is 5.93. The van der Waals surface area contributed by atoms with Gasteiger partial charge in [-0.3, -0.25) is 0 Å². The third-order valence-electron chi connectivity index (χ3n) is 3.56. The first-order chi connectivity index (χ1) is 6.31. The van der Waals surface area contributed by atoms with E-state index in [0.717, 1.165) is 0 Å². The van der Waals surface area contributed by atoms with Gasteiger partial charge < -0.3 is 12.0 Å². The predicted molar refractivity (Wildman–Crippen MR) is 72.0 cm³/mol. The smallest absolute Gasteiger partial charge is 0.106 e. The van der Waals surface area contributed by atoms with Gasteiger partial charge in [0.25, 0.3) is 0 Å². The first-order valence-electron chi connectivity index (χ1n) is 5.75. The minimum absolute atomic E-state index is 0.172. The van der Waals surface area contributed by atoms with Crippen LogP contribution in [0.5, 0.6) is 0 Å². The summed E-state index contributed by atoms with van der Waals surface area (Å²) in [6, 6.07) is 0. The largest absolute Gasteiger partial charge is 0.701 e. The van der Waals surface area contributed by atoms with Crippen LogP contribution in [-0.4, -0.2) is 8.07 Å². The van der Waals surface area contributed by atoms with Crippen molar-refractivity contribution < 1.29 is 0 Å². The van der Waals surface area contributed by atoms with Gasteiger partial charge in [0.2, 0.25) is 0 Å². The van der Waals surface area contributed by atoms with Crippen molar-refractivity contribution in [3.05, 3.63) is 6.42 Å². The van der Waals surface area contributed by atoms with Crippen LogP contribution in [0.25, 0.3) is 0 Å². The van der Waals surface area contributed by atoms with Crippen LogP contribution in [0.2, 0.25) is 15.1 Å². The molecule has 0 atom stereocenters. The van der Waals surface area contributed by atoms with Crippen LogP contribution in [0.4, 0.5) is 0 Å². The summed E-state index contributed by atoms with van der Waals surface area (Å²) in [6.45, 7) is 20.5. The maximum atomic E-state index is 7.89. The Kier molecular flexibility index (Phi) is 3.61. The topological polar surface area (TPSA) is 0 Å². The van der Waals surface area contributed by atoms with Crippen LogP contribution in [0.1, 0.15) is 62.3 Å². The first kappa shape index (κ1) is 14.8. The summed E-state index contributed by atoms with van der Waals surface area (Å²) in [5.41, 5.74) is 3.02. The average Bonchev–Trinajstić information content (AvgIpc) is 1.76. The van der Waals surface area contributed by atoms with Gasteiger partial charge in [-0.15, -0.1) is 0 Å². The van der Waals surface area contributed by atoms with Crippen molar-refractivity contribution in [1.82, 2.24) is 0 Å². The molecule has 0 aliphatic rings. The standard InChI is InChI=1S/C14H27Si/c1-11-15(12(2,3)4,13(5,6)7)14(8,9)10/h2-10H3/q-1. The second kappa shape index (κ2) is 3.66. The van der Waals surface area contributed by atoms with Crippen molar-refractivity contribution in [3.8, 4) is 5.54 Å². The molecule has 0 aromatic rings. The molecule has 15 heavy (non-hydrogen) atoms. The Morgan fingerprint density at radius 1 is 0.667 bits per heavy atom. The van der Waals surface area contributed by atoms with Crippen LogP contribution in [0, 0.1) is 12.0 Å². The molecule has 0 spiro atoms. The van der Waals surface area contributed by atoms with E-state index in [1.54, 1.807) is 0 Å². The Bertz CT molecular complexity index is 224. The summed E-state index contributed by atoms with van der Waals surface area (Å²) in [7, 11) is -1.96. The highest BCUT2D eigenvalue weighted by Crippen LogP contribution is 2.61. The highest BCUT2D eigenvalue weighted by atomic mass is 28.3. The van der Waals surface area contributed by atoms with E-state index in [4.69, 9.17) is 6.42 Å². The average molecular weight is 223 g/mol. The number of hydrogen-bond donors (Lipinski definition) is 0. The molecule has 0 saturated carbocycles. The monoisotopic (exact) mass is 223 g/mol. The van der Waals surface area contributed by atoms with Crippen molar-refractivity contribution in [1.29, 1.82) is 0 Å². The van der Waals surface area contributed by atoms with Crippen LogP contribution in [0.15, 0.2) is 0 Å². The lowest BCUT2D eigenvalue weighted by molar-refractivity contribution is 0.549. The fourth-order valence-corrected chi connectivity index (χ4v) is 11.8. The van der Waals surface area contributed by atoms with Gasteiger partial charge in [0.15, 0.2) is 0 Å². The lowest BCUT2D eigenvalue weighted by atomic mass is 10.2. The summed E-state index contributed by atoms with van der Waals surface area (Å²) in [4.78, 5) is 0. The Morgan fingerprint density at radius 3 is 0.867 bits per heavy atom. The second-order valence-corrected chi connectivity index (χ2v) is 13.9. The zero-order valence-corrected chi connectivity index (χ0v) is 13.0. The van der Waals surface area contributed by atoms with Gasteiger partial charge in [-0.25, -0.2) is 0 Å². The van der Waals surface area contributed by atoms with E-state index in [-0.39, 0.29) is 15.1 Å². The molecule has 0 aliphatic heterocycles. The zero-order valence-electron chi connectivity index (χ0n) is 12.0. The van der Waals surface area contributed by atoms with Gasteiger partial charge >= 0.3 is 0 Å². The van der Waals surface area contributed by atoms with Gasteiger partial charge in [-0.1, -0.05) is 62.3 Å². The number of hydrogen-bond acceptors (Lipinski definition) is 0. The van der Waals surface area contributed by atoms with E-state index >= 15 is 0 Å². The van der Waals surface area contributed by atoms with E-state index in [2.05, 4.69) is 67.9 Å². The molecule has 0 rings (SSSR count). The van der Waals surface area contributed by atoms with E-state index in [9.17, 15) is 0 Å². The summed E-state index contributed by atoms with van der Waals surface area (Å²) >= 11 is 0. The third kappa shape index (κ3) is 2.16. The lowest BCUT2D eigenvalue weighted by Gasteiger charge is -2.58. The molecule has 0 radical (unpaired) electrons. The fraction of sp³-hybridized carbons (Fsp3) is 0.857. The van der Waals surface area contributed by atoms with Crippen molar-refractivity contribution in [2.24, 2.45) is 0 Å². The molecule has 0 heterocycles. The predicted octanol–water partition coefficient (Wildman–Crippen LogP) is 4.96. The molecule has 0 unspecified atom stereocenters. The van der Waals surface area contributed by atoms with Crippen molar-refractivity contribution in [3.63, 3.8) is 0 Å². The van der Waals surface area contributed by atoms with Crippen molar-refractivity contribution in [2.45, 2.75) is 77.4 Å². The molecule has 0 fully saturated rings.